The number of hydrogen-bond donors (Lipinski definition) is 2. The lowest BCUT2D eigenvalue weighted by Gasteiger charge is -1.98. The Hall–Kier alpha value is -0.490. The summed E-state index contributed by atoms with van der Waals surface area (Å²) >= 11 is 3.69. The first-order valence-corrected chi connectivity index (χ1v) is 5.23. The summed E-state index contributed by atoms with van der Waals surface area (Å²) in [6.07, 6.45) is 0. The van der Waals surface area contributed by atoms with Gasteiger partial charge in [-0.1, -0.05) is 0 Å². The third kappa shape index (κ3) is 1.06. The Bertz CT molecular complexity index is 436. The molecule has 0 fully saturated rings. The number of halogens is 1. The van der Waals surface area contributed by atoms with Crippen molar-refractivity contribution < 1.29 is 10.2 Å². The predicted octanol–water partition coefficient (Wildman–Crippen LogP) is 2.92. The third-order valence-electron chi connectivity index (χ3n) is 1.65. The van der Waals surface area contributed by atoms with Crippen molar-refractivity contribution in [2.75, 3.05) is 0 Å². The largest absolute Gasteiger partial charge is 0.504 e. The van der Waals surface area contributed by atoms with Crippen LogP contribution in [-0.2, 0) is 0 Å². The molecule has 0 aliphatic heterocycles. The fraction of sp³-hybridized carbons (Fsp3) is 0. The minimum Gasteiger partial charge on any atom is -0.504 e. The SMILES string of the molecule is Oc1ccc2scc(I)c2c1O. The summed E-state index contributed by atoms with van der Waals surface area (Å²) in [4.78, 5) is 0. The molecule has 2 N–H and O–H groups in total. The maximum absolute atomic E-state index is 9.48. The number of benzene rings is 1. The number of hydrogen-bond acceptors (Lipinski definition) is 3. The molecule has 1 heterocycles. The van der Waals surface area contributed by atoms with Gasteiger partial charge in [0.1, 0.15) is 0 Å². The van der Waals surface area contributed by atoms with Gasteiger partial charge in [0.05, 0.1) is 5.39 Å². The Morgan fingerprint density at radius 1 is 1.25 bits per heavy atom. The molecule has 0 amide bonds. The number of rotatable bonds is 0. The van der Waals surface area contributed by atoms with E-state index in [0.29, 0.717) is 0 Å². The summed E-state index contributed by atoms with van der Waals surface area (Å²) in [7, 11) is 0. The first-order chi connectivity index (χ1) is 5.70. The molecule has 0 atom stereocenters. The third-order valence-corrected chi connectivity index (χ3v) is 3.87. The minimum atomic E-state index is -0.0567. The van der Waals surface area contributed by atoms with Gasteiger partial charge in [0.25, 0.3) is 0 Å². The van der Waals surface area contributed by atoms with E-state index in [9.17, 15) is 10.2 Å². The molecule has 0 aliphatic rings. The molecule has 12 heavy (non-hydrogen) atoms. The van der Waals surface area contributed by atoms with Gasteiger partial charge in [-0.25, -0.2) is 0 Å². The normalized spacial score (nSPS) is 10.8. The minimum absolute atomic E-state index is 0.0156. The van der Waals surface area contributed by atoms with E-state index in [1.807, 2.05) is 5.38 Å². The smallest absolute Gasteiger partial charge is 0.167 e. The van der Waals surface area contributed by atoms with Crippen molar-refractivity contribution in [2.24, 2.45) is 0 Å². The number of fused-ring (bicyclic) bond motifs is 1. The zero-order chi connectivity index (χ0) is 8.72. The first-order valence-electron chi connectivity index (χ1n) is 3.28. The maximum atomic E-state index is 9.48. The summed E-state index contributed by atoms with van der Waals surface area (Å²) in [5.41, 5.74) is 0. The van der Waals surface area contributed by atoms with Crippen LogP contribution < -0.4 is 0 Å². The topological polar surface area (TPSA) is 40.5 Å². The number of thiophene rings is 1. The van der Waals surface area contributed by atoms with E-state index in [-0.39, 0.29) is 11.5 Å². The van der Waals surface area contributed by atoms with Crippen LogP contribution in [0.3, 0.4) is 0 Å². The van der Waals surface area contributed by atoms with Crippen molar-refractivity contribution in [1.29, 1.82) is 0 Å². The highest BCUT2D eigenvalue weighted by molar-refractivity contribution is 14.1. The zero-order valence-corrected chi connectivity index (χ0v) is 8.89. The summed E-state index contributed by atoms with van der Waals surface area (Å²) in [6, 6.07) is 3.31. The van der Waals surface area contributed by atoms with Crippen molar-refractivity contribution in [2.45, 2.75) is 0 Å². The van der Waals surface area contributed by atoms with E-state index in [1.54, 1.807) is 17.4 Å². The van der Waals surface area contributed by atoms with Gasteiger partial charge in [0.2, 0.25) is 0 Å². The second kappa shape index (κ2) is 2.77. The molecule has 2 aromatic rings. The highest BCUT2D eigenvalue weighted by atomic mass is 127. The molecule has 0 aliphatic carbocycles. The van der Waals surface area contributed by atoms with Gasteiger partial charge >= 0.3 is 0 Å². The molecule has 4 heteroatoms. The standard InChI is InChI=1S/C8H5IO2S/c9-4-3-12-6-2-1-5(10)8(11)7(4)6/h1-3,10-11H. The van der Waals surface area contributed by atoms with E-state index in [2.05, 4.69) is 22.6 Å². The number of aromatic hydroxyl groups is 2. The first kappa shape index (κ1) is 8.12. The molecular formula is C8H5IO2S. The zero-order valence-electron chi connectivity index (χ0n) is 5.91. The fourth-order valence-electron chi connectivity index (χ4n) is 1.06. The van der Waals surface area contributed by atoms with Crippen LogP contribution in [0.5, 0.6) is 11.5 Å². The molecule has 0 radical (unpaired) electrons. The lowest BCUT2D eigenvalue weighted by Crippen LogP contribution is -1.71. The van der Waals surface area contributed by atoms with E-state index in [4.69, 9.17) is 0 Å². The molecule has 0 saturated heterocycles. The van der Waals surface area contributed by atoms with Crippen LogP contribution in [0.25, 0.3) is 10.1 Å². The Labute approximate surface area is 86.6 Å². The molecule has 0 saturated carbocycles. The fourth-order valence-corrected chi connectivity index (χ4v) is 2.99. The molecule has 0 unspecified atom stereocenters. The van der Waals surface area contributed by atoms with Crippen LogP contribution >= 0.6 is 33.9 Å². The van der Waals surface area contributed by atoms with Crippen molar-refractivity contribution in [3.63, 3.8) is 0 Å². The van der Waals surface area contributed by atoms with Gasteiger partial charge in [-0.3, -0.25) is 0 Å². The van der Waals surface area contributed by atoms with E-state index >= 15 is 0 Å². The molecule has 2 nitrogen and oxygen atoms in total. The summed E-state index contributed by atoms with van der Waals surface area (Å²) in [5, 5.41) is 21.4. The maximum Gasteiger partial charge on any atom is 0.167 e. The van der Waals surface area contributed by atoms with Crippen molar-refractivity contribution >= 4 is 44.0 Å². The lowest BCUT2D eigenvalue weighted by atomic mass is 10.2. The molecule has 0 bridgehead atoms. The predicted molar refractivity (Wildman–Crippen MR) is 57.9 cm³/mol. The van der Waals surface area contributed by atoms with Crippen molar-refractivity contribution in [1.82, 2.24) is 0 Å². The monoisotopic (exact) mass is 292 g/mol. The molecule has 1 aromatic heterocycles. The average molecular weight is 292 g/mol. The Kier molecular flexibility index (Phi) is 1.88. The second-order valence-corrected chi connectivity index (χ2v) is 4.46. The van der Waals surface area contributed by atoms with Gasteiger partial charge < -0.3 is 10.2 Å². The molecule has 0 spiro atoms. The highest BCUT2D eigenvalue weighted by Crippen LogP contribution is 2.39. The van der Waals surface area contributed by atoms with Crippen LogP contribution in [-0.4, -0.2) is 10.2 Å². The Balaban J connectivity index is 2.96. The van der Waals surface area contributed by atoms with Crippen LogP contribution in [0.2, 0.25) is 0 Å². The number of phenolic OH excluding ortho intramolecular Hbond substituents is 2. The number of phenols is 2. The van der Waals surface area contributed by atoms with Gasteiger partial charge in [0.15, 0.2) is 11.5 Å². The Morgan fingerprint density at radius 3 is 2.75 bits per heavy atom. The average Bonchev–Trinajstić information content (AvgIpc) is 2.41. The van der Waals surface area contributed by atoms with Crippen LogP contribution in [0.15, 0.2) is 17.5 Å². The van der Waals surface area contributed by atoms with Crippen molar-refractivity contribution in [3.05, 3.63) is 21.1 Å². The molecular weight excluding hydrogens is 287 g/mol. The van der Waals surface area contributed by atoms with E-state index < -0.39 is 0 Å². The molecule has 2 rings (SSSR count). The van der Waals surface area contributed by atoms with Gasteiger partial charge in [-0.05, 0) is 34.7 Å². The van der Waals surface area contributed by atoms with Gasteiger partial charge in [0, 0.05) is 13.7 Å². The van der Waals surface area contributed by atoms with E-state index in [1.165, 1.54) is 6.07 Å². The van der Waals surface area contributed by atoms with Gasteiger partial charge in [-0.15, -0.1) is 11.3 Å². The molecule has 62 valence electrons. The highest BCUT2D eigenvalue weighted by Gasteiger charge is 2.09. The van der Waals surface area contributed by atoms with Crippen molar-refractivity contribution in [3.8, 4) is 11.5 Å². The summed E-state index contributed by atoms with van der Waals surface area (Å²) < 4.78 is 1.97. The Morgan fingerprint density at radius 2 is 2.00 bits per heavy atom. The van der Waals surface area contributed by atoms with E-state index in [0.717, 1.165) is 13.7 Å². The summed E-state index contributed by atoms with van der Waals surface area (Å²) in [5.74, 6) is -0.0723. The molecule has 1 aromatic carbocycles. The summed E-state index contributed by atoms with van der Waals surface area (Å²) in [6.45, 7) is 0. The second-order valence-electron chi connectivity index (χ2n) is 2.39. The quantitative estimate of drug-likeness (QED) is 0.579. The van der Waals surface area contributed by atoms with Crippen LogP contribution in [0, 0.1) is 3.57 Å². The van der Waals surface area contributed by atoms with Gasteiger partial charge in [-0.2, -0.15) is 0 Å². The van der Waals surface area contributed by atoms with Crippen LogP contribution in [0.1, 0.15) is 0 Å². The van der Waals surface area contributed by atoms with Crippen LogP contribution in [0.4, 0.5) is 0 Å². The lowest BCUT2D eigenvalue weighted by molar-refractivity contribution is 0.408.